The molecule has 1 aliphatic carbocycles. The van der Waals surface area contributed by atoms with Gasteiger partial charge in [0.2, 0.25) is 5.91 Å². The van der Waals surface area contributed by atoms with Crippen LogP contribution in [0.4, 0.5) is 0 Å². The van der Waals surface area contributed by atoms with Crippen LogP contribution in [0.5, 0.6) is 0 Å². The lowest BCUT2D eigenvalue weighted by Crippen LogP contribution is -2.47. The Hall–Kier alpha value is -2.37. The monoisotopic (exact) mass is 385 g/mol. The van der Waals surface area contributed by atoms with Gasteiger partial charge in [0, 0.05) is 12.7 Å². The number of nitriles is 1. The quantitative estimate of drug-likeness (QED) is 0.667. The molecule has 2 aromatic rings. The molecule has 0 spiro atoms. The third-order valence-electron chi connectivity index (χ3n) is 4.63. The summed E-state index contributed by atoms with van der Waals surface area (Å²) in [6.45, 7) is 2.91. The van der Waals surface area contributed by atoms with Crippen molar-refractivity contribution >= 4 is 17.7 Å². The van der Waals surface area contributed by atoms with Gasteiger partial charge in [-0.15, -0.1) is 10.2 Å². The second-order valence-electron chi connectivity index (χ2n) is 6.74. The number of nitrogens with zero attached hydrogens (tertiary/aromatic N) is 4. The molecular weight excluding hydrogens is 362 g/mol. The zero-order valence-electron chi connectivity index (χ0n) is 15.5. The molecule has 3 rings (SSSR count). The van der Waals surface area contributed by atoms with Crippen molar-refractivity contribution in [2.24, 2.45) is 5.92 Å². The molecule has 7 nitrogen and oxygen atoms in total. The fourth-order valence-corrected chi connectivity index (χ4v) is 3.68. The van der Waals surface area contributed by atoms with Crippen LogP contribution in [0.1, 0.15) is 19.8 Å². The largest absolute Gasteiger partial charge is 0.383 e. The summed E-state index contributed by atoms with van der Waals surface area (Å²) in [6.07, 6.45) is 1.98. The van der Waals surface area contributed by atoms with E-state index in [0.29, 0.717) is 18.3 Å². The number of rotatable bonds is 9. The summed E-state index contributed by atoms with van der Waals surface area (Å²) in [5, 5.41) is 21.5. The average Bonchev–Trinajstić information content (AvgIpc) is 3.47. The summed E-state index contributed by atoms with van der Waals surface area (Å²) in [4.78, 5) is 12.4. The normalized spacial score (nSPS) is 15.7. The number of hydrogen-bond acceptors (Lipinski definition) is 6. The van der Waals surface area contributed by atoms with E-state index in [1.54, 1.807) is 14.0 Å². The van der Waals surface area contributed by atoms with E-state index >= 15 is 0 Å². The first kappa shape index (κ1) is 19.4. The number of aromatic nitrogens is 3. The van der Waals surface area contributed by atoms with Gasteiger partial charge >= 0.3 is 0 Å². The molecule has 1 aliphatic rings. The Morgan fingerprint density at radius 1 is 1.41 bits per heavy atom. The van der Waals surface area contributed by atoms with Crippen LogP contribution in [0, 0.1) is 17.2 Å². The van der Waals surface area contributed by atoms with Gasteiger partial charge in [-0.2, -0.15) is 5.26 Å². The molecule has 1 heterocycles. The number of hydrogen-bond donors (Lipinski definition) is 1. The number of thioether (sulfide) groups is 1. The molecule has 1 amide bonds. The molecule has 0 saturated heterocycles. The van der Waals surface area contributed by atoms with Gasteiger partial charge in [0.05, 0.1) is 25.0 Å². The second kappa shape index (κ2) is 8.55. The summed E-state index contributed by atoms with van der Waals surface area (Å²) in [5.74, 6) is 1.02. The molecule has 1 aromatic heterocycles. The van der Waals surface area contributed by atoms with Crippen molar-refractivity contribution in [2.75, 3.05) is 19.5 Å². The fraction of sp³-hybridized carbons (Fsp3) is 0.474. The first-order valence-electron chi connectivity index (χ1n) is 8.90. The van der Waals surface area contributed by atoms with Crippen molar-refractivity contribution in [3.63, 3.8) is 0 Å². The molecule has 0 bridgehead atoms. The molecular formula is C19H23N5O2S. The van der Waals surface area contributed by atoms with Crippen molar-refractivity contribution < 1.29 is 9.53 Å². The minimum atomic E-state index is -0.781. The van der Waals surface area contributed by atoms with Crippen LogP contribution in [-0.4, -0.2) is 45.7 Å². The van der Waals surface area contributed by atoms with E-state index in [0.717, 1.165) is 24.2 Å². The van der Waals surface area contributed by atoms with Crippen molar-refractivity contribution in [1.82, 2.24) is 20.1 Å². The number of ether oxygens (including phenoxy) is 1. The Bertz CT molecular complexity index is 828. The molecule has 142 valence electrons. The molecule has 0 radical (unpaired) electrons. The van der Waals surface area contributed by atoms with E-state index in [9.17, 15) is 10.1 Å². The molecule has 1 atom stereocenters. The van der Waals surface area contributed by atoms with E-state index < -0.39 is 5.54 Å². The lowest BCUT2D eigenvalue weighted by atomic mass is 9.98. The molecule has 8 heteroatoms. The molecule has 1 N–H and O–H groups in total. The number of carbonyl (C=O) groups excluding carboxylic acids is 1. The van der Waals surface area contributed by atoms with Crippen molar-refractivity contribution in [3.05, 3.63) is 30.3 Å². The summed E-state index contributed by atoms with van der Waals surface area (Å²) in [5.41, 5.74) is 0.180. The van der Waals surface area contributed by atoms with Gasteiger partial charge in [-0.05, 0) is 25.7 Å². The zero-order chi connectivity index (χ0) is 19.3. The highest BCUT2D eigenvalue weighted by Crippen LogP contribution is 2.39. The highest BCUT2D eigenvalue weighted by Gasteiger charge is 2.42. The lowest BCUT2D eigenvalue weighted by molar-refractivity contribution is -0.119. The Labute approximate surface area is 163 Å². The minimum Gasteiger partial charge on any atom is -0.383 e. The molecule has 1 unspecified atom stereocenters. The van der Waals surface area contributed by atoms with Crippen LogP contribution < -0.4 is 5.32 Å². The van der Waals surface area contributed by atoms with Crippen LogP contribution in [0.3, 0.4) is 0 Å². The Morgan fingerprint density at radius 3 is 2.78 bits per heavy atom. The number of benzene rings is 1. The molecule has 1 fully saturated rings. The van der Waals surface area contributed by atoms with Gasteiger partial charge in [0.15, 0.2) is 11.0 Å². The first-order chi connectivity index (χ1) is 13.1. The Balaban J connectivity index is 1.70. The predicted molar refractivity (Wildman–Crippen MR) is 103 cm³/mol. The maximum Gasteiger partial charge on any atom is 0.231 e. The summed E-state index contributed by atoms with van der Waals surface area (Å²) < 4.78 is 7.16. The molecule has 27 heavy (non-hydrogen) atoms. The van der Waals surface area contributed by atoms with E-state index in [-0.39, 0.29) is 17.6 Å². The Kier molecular flexibility index (Phi) is 6.14. The number of methoxy groups -OCH3 is 1. The minimum absolute atomic E-state index is 0.168. The van der Waals surface area contributed by atoms with Gasteiger partial charge in [0.25, 0.3) is 0 Å². The zero-order valence-corrected chi connectivity index (χ0v) is 16.3. The standard InChI is InChI=1S/C19H23N5O2S/c1-19(13-20,15-8-9-15)21-16(25)12-27-18-23-22-17(24(18)10-11-26-2)14-6-4-3-5-7-14/h3-7,15H,8-12H2,1-2H3,(H,21,25). The third kappa shape index (κ3) is 4.67. The smallest absolute Gasteiger partial charge is 0.231 e. The molecule has 1 aromatic carbocycles. The molecule has 1 saturated carbocycles. The highest BCUT2D eigenvalue weighted by molar-refractivity contribution is 7.99. The summed E-state index contributed by atoms with van der Waals surface area (Å²) in [6, 6.07) is 12.0. The van der Waals surface area contributed by atoms with Crippen molar-refractivity contribution in [2.45, 2.75) is 37.0 Å². The van der Waals surface area contributed by atoms with Crippen LogP contribution in [0.2, 0.25) is 0 Å². The van der Waals surface area contributed by atoms with Gasteiger partial charge < -0.3 is 10.1 Å². The van der Waals surface area contributed by atoms with E-state index in [1.165, 1.54) is 11.8 Å². The van der Waals surface area contributed by atoms with Crippen LogP contribution in [0.15, 0.2) is 35.5 Å². The van der Waals surface area contributed by atoms with Crippen molar-refractivity contribution in [1.29, 1.82) is 5.26 Å². The maximum atomic E-state index is 12.4. The van der Waals surface area contributed by atoms with Crippen LogP contribution >= 0.6 is 11.8 Å². The van der Waals surface area contributed by atoms with E-state index in [2.05, 4.69) is 21.6 Å². The van der Waals surface area contributed by atoms with E-state index in [4.69, 9.17) is 4.74 Å². The summed E-state index contributed by atoms with van der Waals surface area (Å²) in [7, 11) is 1.65. The van der Waals surface area contributed by atoms with Gasteiger partial charge in [0.1, 0.15) is 5.54 Å². The van der Waals surface area contributed by atoms with Gasteiger partial charge in [-0.1, -0.05) is 42.1 Å². The highest BCUT2D eigenvalue weighted by atomic mass is 32.2. The number of nitrogens with one attached hydrogen (secondary N) is 1. The third-order valence-corrected chi connectivity index (χ3v) is 5.59. The van der Waals surface area contributed by atoms with Crippen molar-refractivity contribution in [3.8, 4) is 17.5 Å². The van der Waals surface area contributed by atoms with Crippen LogP contribution in [-0.2, 0) is 16.1 Å². The van der Waals surface area contributed by atoms with E-state index in [1.807, 2.05) is 34.9 Å². The van der Waals surface area contributed by atoms with Gasteiger partial charge in [-0.3, -0.25) is 9.36 Å². The maximum absolute atomic E-state index is 12.4. The van der Waals surface area contributed by atoms with Gasteiger partial charge in [-0.25, -0.2) is 0 Å². The lowest BCUT2D eigenvalue weighted by Gasteiger charge is -2.22. The number of carbonyl (C=O) groups is 1. The number of amides is 1. The van der Waals surface area contributed by atoms with Crippen LogP contribution in [0.25, 0.3) is 11.4 Å². The fourth-order valence-electron chi connectivity index (χ4n) is 2.92. The average molecular weight is 385 g/mol. The first-order valence-corrected chi connectivity index (χ1v) is 9.88. The predicted octanol–water partition coefficient (Wildman–Crippen LogP) is 2.49. The summed E-state index contributed by atoms with van der Waals surface area (Å²) >= 11 is 1.32. The SMILES string of the molecule is COCCn1c(SCC(=O)NC(C)(C#N)C2CC2)nnc1-c1ccccc1. The Morgan fingerprint density at radius 2 is 2.15 bits per heavy atom. The molecule has 0 aliphatic heterocycles. The second-order valence-corrected chi connectivity index (χ2v) is 7.68. The topological polar surface area (TPSA) is 92.8 Å².